The number of carbonyl (C=O) groups excluding carboxylic acids is 1. The van der Waals surface area contributed by atoms with Gasteiger partial charge in [0.2, 0.25) is 0 Å². The van der Waals surface area contributed by atoms with Crippen molar-refractivity contribution in [3.05, 3.63) is 34.9 Å². The van der Waals surface area contributed by atoms with Gasteiger partial charge < -0.3 is 9.84 Å². The molecule has 0 unspecified atom stereocenters. The molecule has 0 aromatic heterocycles. The molecule has 0 spiro atoms. The number of amides is 1. The minimum absolute atomic E-state index is 0.160. The molecule has 0 saturated carbocycles. The first kappa shape index (κ1) is 11.7. The Morgan fingerprint density at radius 1 is 1.47 bits per heavy atom. The fraction of sp³-hybridized carbons (Fsp3) is 0.273. The van der Waals surface area contributed by atoms with Crippen LogP contribution < -0.4 is 0 Å². The standard InChI is InChI=1S/C11H10ClNO4/c12-8-3-1-7(2-4-8)9-6-17-11(16)13(9)5-10(14)15/h1-4,9H,5-6H2,(H,14,15)/t9-/m1/s1. The van der Waals surface area contributed by atoms with Gasteiger partial charge in [-0.1, -0.05) is 23.7 Å². The van der Waals surface area contributed by atoms with Gasteiger partial charge in [0.15, 0.2) is 0 Å². The highest BCUT2D eigenvalue weighted by atomic mass is 35.5. The molecule has 1 aromatic rings. The first-order valence-electron chi connectivity index (χ1n) is 4.98. The fourth-order valence-electron chi connectivity index (χ4n) is 1.73. The van der Waals surface area contributed by atoms with E-state index in [-0.39, 0.29) is 19.2 Å². The van der Waals surface area contributed by atoms with Crippen LogP contribution in [-0.4, -0.2) is 35.2 Å². The quantitative estimate of drug-likeness (QED) is 0.896. The van der Waals surface area contributed by atoms with Gasteiger partial charge in [-0.2, -0.15) is 0 Å². The van der Waals surface area contributed by atoms with Gasteiger partial charge in [0.25, 0.3) is 0 Å². The molecule has 0 bridgehead atoms. The lowest BCUT2D eigenvalue weighted by Gasteiger charge is -2.19. The van der Waals surface area contributed by atoms with E-state index in [0.717, 1.165) is 5.56 Å². The van der Waals surface area contributed by atoms with Gasteiger partial charge in [0.1, 0.15) is 13.2 Å². The number of carboxylic acid groups (broad SMARTS) is 1. The van der Waals surface area contributed by atoms with Crippen molar-refractivity contribution in [3.8, 4) is 0 Å². The van der Waals surface area contributed by atoms with Crippen molar-refractivity contribution in [3.63, 3.8) is 0 Å². The first-order valence-corrected chi connectivity index (χ1v) is 5.36. The first-order chi connectivity index (χ1) is 8.08. The highest BCUT2D eigenvalue weighted by Gasteiger charge is 2.35. The van der Waals surface area contributed by atoms with Crippen LogP contribution in [0.3, 0.4) is 0 Å². The van der Waals surface area contributed by atoms with E-state index in [1.165, 1.54) is 4.90 Å². The van der Waals surface area contributed by atoms with Crippen LogP contribution in [0, 0.1) is 0 Å². The molecule has 1 N–H and O–H groups in total. The van der Waals surface area contributed by atoms with E-state index < -0.39 is 12.1 Å². The molecule has 0 radical (unpaired) electrons. The van der Waals surface area contributed by atoms with E-state index >= 15 is 0 Å². The third-order valence-electron chi connectivity index (χ3n) is 2.54. The monoisotopic (exact) mass is 255 g/mol. The van der Waals surface area contributed by atoms with Crippen molar-refractivity contribution in [2.45, 2.75) is 6.04 Å². The molecule has 90 valence electrons. The Bertz CT molecular complexity index is 445. The van der Waals surface area contributed by atoms with Crippen LogP contribution in [0.5, 0.6) is 0 Å². The van der Waals surface area contributed by atoms with E-state index in [0.29, 0.717) is 5.02 Å². The van der Waals surface area contributed by atoms with Crippen molar-refractivity contribution in [2.24, 2.45) is 0 Å². The largest absolute Gasteiger partial charge is 0.480 e. The van der Waals surface area contributed by atoms with Crippen LogP contribution in [0.1, 0.15) is 11.6 Å². The maximum Gasteiger partial charge on any atom is 0.411 e. The van der Waals surface area contributed by atoms with Crippen LogP contribution in [0.2, 0.25) is 5.02 Å². The molecule has 1 aliphatic rings. The second-order valence-corrected chi connectivity index (χ2v) is 4.10. The molecule has 1 aliphatic heterocycles. The predicted octanol–water partition coefficient (Wildman–Crippen LogP) is 1.92. The highest BCUT2D eigenvalue weighted by molar-refractivity contribution is 6.30. The summed E-state index contributed by atoms with van der Waals surface area (Å²) in [6, 6.07) is 6.53. The molecule has 1 atom stereocenters. The third-order valence-corrected chi connectivity index (χ3v) is 2.79. The van der Waals surface area contributed by atoms with Crippen molar-refractivity contribution < 1.29 is 19.4 Å². The maximum atomic E-state index is 11.4. The normalized spacial score (nSPS) is 19.2. The van der Waals surface area contributed by atoms with Crippen LogP contribution >= 0.6 is 11.6 Å². The summed E-state index contributed by atoms with van der Waals surface area (Å²) in [4.78, 5) is 23.2. The summed E-state index contributed by atoms with van der Waals surface area (Å²) in [6.07, 6.45) is -0.604. The number of carbonyl (C=O) groups is 2. The molecule has 0 aliphatic carbocycles. The summed E-state index contributed by atoms with van der Waals surface area (Å²) in [5, 5.41) is 9.32. The van der Waals surface area contributed by atoms with E-state index in [2.05, 4.69) is 0 Å². The van der Waals surface area contributed by atoms with E-state index in [9.17, 15) is 9.59 Å². The summed E-state index contributed by atoms with van der Waals surface area (Å²) >= 11 is 5.76. The molecule has 1 amide bonds. The Labute approximate surface area is 103 Å². The smallest absolute Gasteiger partial charge is 0.411 e. The second kappa shape index (κ2) is 4.63. The Hall–Kier alpha value is -1.75. The van der Waals surface area contributed by atoms with Gasteiger partial charge in [0, 0.05) is 5.02 Å². The maximum absolute atomic E-state index is 11.4. The predicted molar refractivity (Wildman–Crippen MR) is 59.9 cm³/mol. The zero-order valence-corrected chi connectivity index (χ0v) is 9.55. The third kappa shape index (κ3) is 2.50. The zero-order valence-electron chi connectivity index (χ0n) is 8.80. The number of nitrogens with zero attached hydrogens (tertiary/aromatic N) is 1. The Morgan fingerprint density at radius 3 is 2.71 bits per heavy atom. The van der Waals surface area contributed by atoms with Crippen molar-refractivity contribution >= 4 is 23.7 Å². The number of hydrogen-bond acceptors (Lipinski definition) is 3. The summed E-state index contributed by atoms with van der Waals surface area (Å²) in [5.74, 6) is -1.07. The van der Waals surface area contributed by atoms with Crippen LogP contribution in [0.4, 0.5) is 4.79 Å². The number of hydrogen-bond donors (Lipinski definition) is 1. The number of rotatable bonds is 3. The Balaban J connectivity index is 2.22. The molecular weight excluding hydrogens is 246 g/mol. The molecule has 17 heavy (non-hydrogen) atoms. The van der Waals surface area contributed by atoms with Crippen LogP contribution in [-0.2, 0) is 9.53 Å². The Kier molecular flexibility index (Phi) is 3.19. The van der Waals surface area contributed by atoms with E-state index in [1.807, 2.05) is 0 Å². The lowest BCUT2D eigenvalue weighted by atomic mass is 10.1. The molecule has 2 rings (SSSR count). The van der Waals surface area contributed by atoms with Crippen molar-refractivity contribution in [1.82, 2.24) is 4.90 Å². The molecule has 1 heterocycles. The fourth-order valence-corrected chi connectivity index (χ4v) is 1.86. The van der Waals surface area contributed by atoms with Crippen LogP contribution in [0.25, 0.3) is 0 Å². The van der Waals surface area contributed by atoms with E-state index in [4.69, 9.17) is 21.4 Å². The molecular formula is C11H10ClNO4. The van der Waals surface area contributed by atoms with Crippen molar-refractivity contribution in [2.75, 3.05) is 13.2 Å². The summed E-state index contributed by atoms with van der Waals surface area (Å²) in [5.41, 5.74) is 0.807. The number of ether oxygens (including phenoxy) is 1. The second-order valence-electron chi connectivity index (χ2n) is 3.67. The van der Waals surface area contributed by atoms with Crippen molar-refractivity contribution in [1.29, 1.82) is 0 Å². The van der Waals surface area contributed by atoms with Gasteiger partial charge in [-0.05, 0) is 17.7 Å². The summed E-state index contributed by atoms with van der Waals surface area (Å²) < 4.78 is 4.85. The molecule has 1 aromatic carbocycles. The molecule has 5 nitrogen and oxygen atoms in total. The number of benzene rings is 1. The summed E-state index contributed by atoms with van der Waals surface area (Å²) in [6.45, 7) is -0.208. The van der Waals surface area contributed by atoms with Gasteiger partial charge in [-0.25, -0.2) is 4.79 Å². The van der Waals surface area contributed by atoms with Gasteiger partial charge in [-0.3, -0.25) is 9.69 Å². The highest BCUT2D eigenvalue weighted by Crippen LogP contribution is 2.28. The zero-order chi connectivity index (χ0) is 12.4. The minimum atomic E-state index is -1.07. The Morgan fingerprint density at radius 2 is 2.12 bits per heavy atom. The van der Waals surface area contributed by atoms with Gasteiger partial charge in [0.05, 0.1) is 6.04 Å². The number of carboxylic acids is 1. The average Bonchev–Trinajstić information content (AvgIpc) is 2.61. The lowest BCUT2D eigenvalue weighted by molar-refractivity contribution is -0.137. The summed E-state index contributed by atoms with van der Waals surface area (Å²) in [7, 11) is 0. The molecule has 1 fully saturated rings. The van der Waals surface area contributed by atoms with Crippen LogP contribution in [0.15, 0.2) is 24.3 Å². The minimum Gasteiger partial charge on any atom is -0.480 e. The number of cyclic esters (lactones) is 1. The molecule has 6 heteroatoms. The molecule has 1 saturated heterocycles. The SMILES string of the molecule is O=C(O)CN1C(=O)OC[C@@H]1c1ccc(Cl)cc1. The topological polar surface area (TPSA) is 66.8 Å². The average molecular weight is 256 g/mol. The number of aliphatic carboxylic acids is 1. The van der Waals surface area contributed by atoms with Gasteiger partial charge in [-0.15, -0.1) is 0 Å². The van der Waals surface area contributed by atoms with Gasteiger partial charge >= 0.3 is 12.1 Å². The number of halogens is 1. The lowest BCUT2D eigenvalue weighted by Crippen LogP contribution is -2.32. The van der Waals surface area contributed by atoms with E-state index in [1.54, 1.807) is 24.3 Å².